The summed E-state index contributed by atoms with van der Waals surface area (Å²) in [4.78, 5) is 0. The lowest BCUT2D eigenvalue weighted by atomic mass is 10.2. The highest BCUT2D eigenvalue weighted by molar-refractivity contribution is 5.31. The first-order valence-electron chi connectivity index (χ1n) is 7.57. The van der Waals surface area contributed by atoms with E-state index in [1.807, 2.05) is 13.8 Å². The Morgan fingerprint density at radius 3 is 2.57 bits per heavy atom. The van der Waals surface area contributed by atoms with Crippen molar-refractivity contribution in [2.24, 2.45) is 0 Å². The minimum absolute atomic E-state index is 0.0790. The predicted octanol–water partition coefficient (Wildman–Crippen LogP) is 3.41. The summed E-state index contributed by atoms with van der Waals surface area (Å²) in [6.07, 6.45) is 2.92. The topological polar surface area (TPSA) is 30.5 Å². The van der Waals surface area contributed by atoms with Crippen LogP contribution in [-0.2, 0) is 11.3 Å². The van der Waals surface area contributed by atoms with E-state index in [-0.39, 0.29) is 24.6 Å². The van der Waals surface area contributed by atoms with E-state index in [9.17, 15) is 8.78 Å². The van der Waals surface area contributed by atoms with E-state index in [1.165, 1.54) is 12.1 Å². The summed E-state index contributed by atoms with van der Waals surface area (Å²) < 4.78 is 38.7. The van der Waals surface area contributed by atoms with Crippen molar-refractivity contribution in [1.82, 2.24) is 5.32 Å². The third kappa shape index (κ3) is 4.64. The van der Waals surface area contributed by atoms with E-state index >= 15 is 0 Å². The van der Waals surface area contributed by atoms with Gasteiger partial charge in [-0.3, -0.25) is 0 Å². The van der Waals surface area contributed by atoms with Crippen molar-refractivity contribution >= 4 is 0 Å². The van der Waals surface area contributed by atoms with E-state index in [0.717, 1.165) is 25.8 Å². The summed E-state index contributed by atoms with van der Waals surface area (Å²) in [5.74, 6) is -1.62. The Labute approximate surface area is 124 Å². The molecule has 1 aliphatic heterocycles. The Bertz CT molecular complexity index is 445. The average molecular weight is 299 g/mol. The number of nitrogens with one attached hydrogen (secondary N) is 1. The smallest absolute Gasteiger partial charge is 0.190 e. The fourth-order valence-corrected chi connectivity index (χ4v) is 2.45. The molecule has 1 fully saturated rings. The standard InChI is InChI=1S/C16H23F2NO2/c1-3-6-19-9-12-7-14(17)16(15(18)8-12)20-10-13-5-4-11(2)21-13/h7-8,11,13,19H,3-6,9-10H2,1-2H3. The highest BCUT2D eigenvalue weighted by Crippen LogP contribution is 2.25. The molecule has 1 heterocycles. The third-order valence-electron chi connectivity index (χ3n) is 3.55. The monoisotopic (exact) mass is 299 g/mol. The van der Waals surface area contributed by atoms with Crippen LogP contribution < -0.4 is 10.1 Å². The van der Waals surface area contributed by atoms with Crippen LogP contribution in [0.25, 0.3) is 0 Å². The maximum absolute atomic E-state index is 13.9. The molecule has 0 spiro atoms. The normalized spacial score (nSPS) is 21.7. The number of rotatable bonds is 7. The molecule has 118 valence electrons. The average Bonchev–Trinajstić information content (AvgIpc) is 2.84. The molecule has 1 aliphatic rings. The first-order chi connectivity index (χ1) is 10.1. The van der Waals surface area contributed by atoms with Gasteiger partial charge in [0, 0.05) is 6.54 Å². The minimum atomic E-state index is -0.658. The highest BCUT2D eigenvalue weighted by atomic mass is 19.1. The maximum Gasteiger partial charge on any atom is 0.190 e. The molecular formula is C16H23F2NO2. The lowest BCUT2D eigenvalue weighted by Crippen LogP contribution is -2.19. The molecule has 21 heavy (non-hydrogen) atoms. The highest BCUT2D eigenvalue weighted by Gasteiger charge is 2.23. The Balaban J connectivity index is 1.93. The summed E-state index contributed by atoms with van der Waals surface area (Å²) in [6.45, 7) is 5.48. The second kappa shape index (κ2) is 7.71. The van der Waals surface area contributed by atoms with Crippen LogP contribution in [-0.4, -0.2) is 25.4 Å². The first kappa shape index (κ1) is 16.2. The van der Waals surface area contributed by atoms with E-state index in [1.54, 1.807) is 0 Å². The van der Waals surface area contributed by atoms with E-state index < -0.39 is 11.6 Å². The van der Waals surface area contributed by atoms with Gasteiger partial charge in [-0.2, -0.15) is 0 Å². The van der Waals surface area contributed by atoms with Crippen LogP contribution in [0, 0.1) is 11.6 Å². The zero-order valence-electron chi connectivity index (χ0n) is 12.6. The van der Waals surface area contributed by atoms with Crippen molar-refractivity contribution in [2.45, 2.75) is 51.9 Å². The quantitative estimate of drug-likeness (QED) is 0.783. The lowest BCUT2D eigenvalue weighted by molar-refractivity contribution is 0.0247. The van der Waals surface area contributed by atoms with Gasteiger partial charge in [0.1, 0.15) is 6.61 Å². The molecule has 1 saturated heterocycles. The van der Waals surface area contributed by atoms with Crippen molar-refractivity contribution in [3.8, 4) is 5.75 Å². The molecule has 0 bridgehead atoms. The van der Waals surface area contributed by atoms with Gasteiger partial charge in [-0.15, -0.1) is 0 Å². The van der Waals surface area contributed by atoms with E-state index in [4.69, 9.17) is 9.47 Å². The first-order valence-corrected chi connectivity index (χ1v) is 7.57. The van der Waals surface area contributed by atoms with Crippen LogP contribution in [0.3, 0.4) is 0 Å². The van der Waals surface area contributed by atoms with Crippen molar-refractivity contribution in [3.63, 3.8) is 0 Å². The molecule has 1 aromatic rings. The van der Waals surface area contributed by atoms with Crippen molar-refractivity contribution in [3.05, 3.63) is 29.3 Å². The molecule has 0 aromatic heterocycles. The second-order valence-corrected chi connectivity index (χ2v) is 5.52. The molecule has 1 N–H and O–H groups in total. The lowest BCUT2D eigenvalue weighted by Gasteiger charge is -2.14. The summed E-state index contributed by atoms with van der Waals surface area (Å²) >= 11 is 0. The van der Waals surface area contributed by atoms with Crippen LogP contribution in [0.5, 0.6) is 5.75 Å². The number of halogens is 2. The number of ether oxygens (including phenoxy) is 2. The fraction of sp³-hybridized carbons (Fsp3) is 0.625. The van der Waals surface area contributed by atoms with Crippen molar-refractivity contribution < 1.29 is 18.3 Å². The van der Waals surface area contributed by atoms with Gasteiger partial charge in [0.15, 0.2) is 17.4 Å². The van der Waals surface area contributed by atoms with Crippen LogP contribution in [0.15, 0.2) is 12.1 Å². The molecule has 0 radical (unpaired) electrons. The van der Waals surface area contributed by atoms with Crippen molar-refractivity contribution in [2.75, 3.05) is 13.2 Å². The largest absolute Gasteiger partial charge is 0.485 e. The van der Waals surface area contributed by atoms with Crippen LogP contribution >= 0.6 is 0 Å². The molecular weight excluding hydrogens is 276 g/mol. The Kier molecular flexibility index (Phi) is 5.94. The number of benzene rings is 1. The second-order valence-electron chi connectivity index (χ2n) is 5.52. The maximum atomic E-state index is 13.9. The zero-order valence-corrected chi connectivity index (χ0v) is 12.6. The molecule has 1 aromatic carbocycles. The molecule has 2 atom stereocenters. The van der Waals surface area contributed by atoms with Gasteiger partial charge in [-0.25, -0.2) is 8.78 Å². The molecule has 0 amide bonds. The number of hydrogen-bond donors (Lipinski definition) is 1. The van der Waals surface area contributed by atoms with Gasteiger partial charge in [0.25, 0.3) is 0 Å². The van der Waals surface area contributed by atoms with Gasteiger partial charge >= 0.3 is 0 Å². The van der Waals surface area contributed by atoms with Crippen LogP contribution in [0.2, 0.25) is 0 Å². The molecule has 0 aliphatic carbocycles. The van der Waals surface area contributed by atoms with Crippen molar-refractivity contribution in [1.29, 1.82) is 0 Å². The van der Waals surface area contributed by atoms with Gasteiger partial charge in [-0.1, -0.05) is 6.92 Å². The van der Waals surface area contributed by atoms with Gasteiger partial charge in [-0.05, 0) is 50.4 Å². The van der Waals surface area contributed by atoms with Gasteiger partial charge in [0.05, 0.1) is 12.2 Å². The molecule has 2 unspecified atom stereocenters. The number of hydrogen-bond acceptors (Lipinski definition) is 3. The summed E-state index contributed by atoms with van der Waals surface area (Å²) in [5.41, 5.74) is 0.580. The Morgan fingerprint density at radius 1 is 1.29 bits per heavy atom. The minimum Gasteiger partial charge on any atom is -0.485 e. The summed E-state index contributed by atoms with van der Waals surface area (Å²) in [7, 11) is 0. The summed E-state index contributed by atoms with van der Waals surface area (Å²) in [5, 5.41) is 3.11. The van der Waals surface area contributed by atoms with Crippen LogP contribution in [0.4, 0.5) is 8.78 Å². The fourth-order valence-electron chi connectivity index (χ4n) is 2.45. The van der Waals surface area contributed by atoms with E-state index in [0.29, 0.717) is 12.1 Å². The summed E-state index contributed by atoms with van der Waals surface area (Å²) in [6, 6.07) is 2.64. The third-order valence-corrected chi connectivity index (χ3v) is 3.55. The van der Waals surface area contributed by atoms with E-state index in [2.05, 4.69) is 5.32 Å². The van der Waals surface area contributed by atoms with Gasteiger partial charge in [0.2, 0.25) is 0 Å². The Hall–Kier alpha value is -1.20. The molecule has 0 saturated carbocycles. The zero-order chi connectivity index (χ0) is 15.2. The Morgan fingerprint density at radius 2 is 2.00 bits per heavy atom. The van der Waals surface area contributed by atoms with Crippen LogP contribution in [0.1, 0.15) is 38.7 Å². The predicted molar refractivity (Wildman–Crippen MR) is 77.4 cm³/mol. The molecule has 3 nitrogen and oxygen atoms in total. The molecule has 2 rings (SSSR count). The van der Waals surface area contributed by atoms with Gasteiger partial charge < -0.3 is 14.8 Å². The SMILES string of the molecule is CCCNCc1cc(F)c(OCC2CCC(C)O2)c(F)c1. The molecule has 5 heteroatoms.